The third-order valence-corrected chi connectivity index (χ3v) is 7.55. The third-order valence-electron chi connectivity index (χ3n) is 6.18. The van der Waals surface area contributed by atoms with Crippen LogP contribution in [0.3, 0.4) is 0 Å². The molecule has 0 fully saturated rings. The predicted octanol–water partition coefficient (Wildman–Crippen LogP) is 8.16. The molecule has 0 amide bonds. The Hall–Kier alpha value is -1.83. The molecule has 0 nitrogen and oxygen atoms in total. The molecule has 0 aromatic heterocycles. The fourth-order valence-corrected chi connectivity index (χ4v) is 5.77. The molecule has 5 aromatic carbocycles. The van der Waals surface area contributed by atoms with Crippen molar-refractivity contribution in [1.82, 2.24) is 0 Å². The van der Waals surface area contributed by atoms with Crippen LogP contribution in [0.2, 0.25) is 0 Å². The van der Waals surface area contributed by atoms with Crippen molar-refractivity contribution in [2.75, 3.05) is 0 Å². The smallest absolute Gasteiger partial charge is 0.0920 e. The molecule has 1 heterocycles. The summed E-state index contributed by atoms with van der Waals surface area (Å²) in [5.41, 5.74) is 8.23. The second kappa shape index (κ2) is 12.4. The maximum atomic E-state index is 4.93. The van der Waals surface area contributed by atoms with Gasteiger partial charge < -0.3 is 0 Å². The standard InChI is InChI=1S/C19H19.C12H7Si.2ClH.Zr/c1-13(2)17-11-16-10-9-14(3)19(18(16)12-17)15-7-5-4-6-8-15;1-3-7-11-9(5-1)10-6-2-4-8-12(10)13-11;;;/h4-13H,1-3H3;1-7H;2*1H;/q2*-1;;;+4/p-2. The molecule has 0 bridgehead atoms. The van der Waals surface area contributed by atoms with Crippen LogP contribution >= 0.6 is 17.0 Å². The maximum Gasteiger partial charge on any atom is 0.0920 e. The summed E-state index contributed by atoms with van der Waals surface area (Å²) < 4.78 is 0. The number of hydrogen-bond acceptors (Lipinski definition) is 0. The molecule has 0 unspecified atom stereocenters. The van der Waals surface area contributed by atoms with Crippen molar-refractivity contribution >= 4 is 47.7 Å². The maximum absolute atomic E-state index is 4.93. The monoisotopic (exact) mass is 586 g/mol. The summed E-state index contributed by atoms with van der Waals surface area (Å²) >= 11 is -0.826. The van der Waals surface area contributed by atoms with Crippen molar-refractivity contribution in [2.45, 2.75) is 26.7 Å². The average molecular weight is 589 g/mol. The van der Waals surface area contributed by atoms with Gasteiger partial charge in [-0.25, -0.2) is 0 Å². The fourth-order valence-electron chi connectivity index (χ4n) is 4.46. The summed E-state index contributed by atoms with van der Waals surface area (Å²) in [7, 11) is 10.7. The van der Waals surface area contributed by atoms with Crippen molar-refractivity contribution in [2.24, 2.45) is 0 Å². The number of benzene rings is 4. The molecule has 0 saturated carbocycles. The molecular formula is C31H26Cl2SiZr. The summed E-state index contributed by atoms with van der Waals surface area (Å²) in [6.45, 7) is 6.70. The first-order valence-electron chi connectivity index (χ1n) is 11.6. The predicted molar refractivity (Wildman–Crippen MR) is 151 cm³/mol. The van der Waals surface area contributed by atoms with Crippen molar-refractivity contribution in [1.29, 1.82) is 0 Å². The second-order valence-corrected chi connectivity index (χ2v) is 13.8. The van der Waals surface area contributed by atoms with Gasteiger partial charge >= 0.3 is 37.9 Å². The van der Waals surface area contributed by atoms with Gasteiger partial charge in [-0.05, 0) is 18.4 Å². The molecule has 35 heavy (non-hydrogen) atoms. The number of halogens is 2. The van der Waals surface area contributed by atoms with Crippen LogP contribution in [0, 0.1) is 13.0 Å². The van der Waals surface area contributed by atoms with Gasteiger partial charge in [0.05, 0.1) is 9.52 Å². The van der Waals surface area contributed by atoms with Crippen molar-refractivity contribution < 1.29 is 20.8 Å². The first-order chi connectivity index (χ1) is 17.0. The largest absolute Gasteiger partial charge is 0.184 e. The van der Waals surface area contributed by atoms with E-state index in [-0.39, 0.29) is 0 Å². The van der Waals surface area contributed by atoms with Crippen molar-refractivity contribution in [3.05, 3.63) is 114 Å². The van der Waals surface area contributed by atoms with E-state index in [1.165, 1.54) is 54.5 Å². The van der Waals surface area contributed by atoms with Crippen LogP contribution < -0.4 is 10.4 Å². The quantitative estimate of drug-likeness (QED) is 0.141. The Morgan fingerprint density at radius 3 is 2.29 bits per heavy atom. The fraction of sp³-hybridized carbons (Fsp3) is 0.129. The van der Waals surface area contributed by atoms with Gasteiger partial charge in [0.1, 0.15) is 0 Å². The SMILES string of the molecule is Cc1ccc2[cH-]c(C(C)C)cc2c1-c1ccccc1.[Cl][Zr+2][Cl].[c-]1cccc2c1[Si]c1ccccc1-2. The molecule has 0 saturated heterocycles. The molecule has 4 heteroatoms. The molecule has 0 N–H and O–H groups in total. The number of aryl methyl sites for hydroxylation is 1. The van der Waals surface area contributed by atoms with E-state index >= 15 is 0 Å². The number of fused-ring (bicyclic) bond motifs is 4. The normalized spacial score (nSPS) is 11.0. The molecule has 2 radical (unpaired) electrons. The van der Waals surface area contributed by atoms with Crippen molar-refractivity contribution in [3.63, 3.8) is 0 Å². The van der Waals surface area contributed by atoms with Gasteiger partial charge in [0, 0.05) is 0 Å². The molecule has 6 rings (SSSR count). The van der Waals surface area contributed by atoms with E-state index in [4.69, 9.17) is 17.0 Å². The van der Waals surface area contributed by atoms with Crippen LogP contribution in [0.1, 0.15) is 30.9 Å². The molecule has 0 spiro atoms. The van der Waals surface area contributed by atoms with Gasteiger partial charge in [-0.3, -0.25) is 0 Å². The molecule has 1 aliphatic rings. The molecular weight excluding hydrogens is 563 g/mol. The molecule has 0 atom stereocenters. The van der Waals surface area contributed by atoms with Crippen LogP contribution in [-0.4, -0.2) is 9.52 Å². The van der Waals surface area contributed by atoms with Gasteiger partial charge in [0.2, 0.25) is 0 Å². The molecule has 5 aromatic rings. The Morgan fingerprint density at radius 2 is 1.54 bits per heavy atom. The van der Waals surface area contributed by atoms with Crippen LogP contribution in [0.4, 0.5) is 0 Å². The van der Waals surface area contributed by atoms with E-state index in [1.54, 1.807) is 0 Å². The van der Waals surface area contributed by atoms with E-state index in [0.717, 1.165) is 9.52 Å². The molecule has 0 aliphatic carbocycles. The van der Waals surface area contributed by atoms with E-state index < -0.39 is 20.8 Å². The number of hydrogen-bond donors (Lipinski definition) is 0. The molecule has 1 aliphatic heterocycles. The Bertz CT molecular complexity index is 1360. The summed E-state index contributed by atoms with van der Waals surface area (Å²) in [4.78, 5) is 0. The number of rotatable bonds is 2. The first kappa shape index (κ1) is 26.2. The summed E-state index contributed by atoms with van der Waals surface area (Å²) in [6.07, 6.45) is 0. The topological polar surface area (TPSA) is 0 Å². The zero-order valence-electron chi connectivity index (χ0n) is 20.1. The van der Waals surface area contributed by atoms with Crippen LogP contribution in [0.5, 0.6) is 0 Å². The second-order valence-electron chi connectivity index (χ2n) is 8.77. The van der Waals surface area contributed by atoms with Gasteiger partial charge in [0.15, 0.2) is 0 Å². The van der Waals surface area contributed by atoms with E-state index in [0.29, 0.717) is 5.92 Å². The first-order valence-corrected chi connectivity index (χ1v) is 18.9. The third kappa shape index (κ3) is 6.12. The van der Waals surface area contributed by atoms with E-state index in [2.05, 4.69) is 118 Å². The summed E-state index contributed by atoms with van der Waals surface area (Å²) in [5.74, 6) is 0.580. The summed E-state index contributed by atoms with van der Waals surface area (Å²) in [6, 6.07) is 38.0. The van der Waals surface area contributed by atoms with Gasteiger partial charge in [-0.15, -0.1) is 40.1 Å². The average Bonchev–Trinajstić information content (AvgIpc) is 3.47. The van der Waals surface area contributed by atoms with E-state index in [1.807, 2.05) is 6.07 Å². The van der Waals surface area contributed by atoms with Gasteiger partial charge in [-0.1, -0.05) is 90.3 Å². The zero-order chi connectivity index (χ0) is 24.8. The summed E-state index contributed by atoms with van der Waals surface area (Å²) in [5, 5.41) is 5.56. The Kier molecular flexibility index (Phi) is 9.31. The Morgan fingerprint density at radius 1 is 0.857 bits per heavy atom. The minimum absolute atomic E-state index is 0.580. The van der Waals surface area contributed by atoms with Crippen LogP contribution in [0.15, 0.2) is 97.1 Å². The Balaban J connectivity index is 0.000000156. The van der Waals surface area contributed by atoms with Crippen LogP contribution in [0.25, 0.3) is 33.0 Å². The zero-order valence-corrected chi connectivity index (χ0v) is 25.0. The van der Waals surface area contributed by atoms with Gasteiger partial charge in [-0.2, -0.15) is 35.5 Å². The van der Waals surface area contributed by atoms with Crippen LogP contribution in [-0.2, 0) is 20.8 Å². The Labute approximate surface area is 230 Å². The minimum atomic E-state index is -0.826. The van der Waals surface area contributed by atoms with E-state index in [9.17, 15) is 0 Å². The molecule has 172 valence electrons. The van der Waals surface area contributed by atoms with Gasteiger partial charge in [0.25, 0.3) is 0 Å². The minimum Gasteiger partial charge on any atom is -0.184 e. The van der Waals surface area contributed by atoms with Crippen molar-refractivity contribution in [3.8, 4) is 22.3 Å².